The molecule has 1 aliphatic carbocycles. The lowest BCUT2D eigenvalue weighted by atomic mass is 9.85. The zero-order valence-electron chi connectivity index (χ0n) is 12.8. The van der Waals surface area contributed by atoms with Crippen molar-refractivity contribution in [3.8, 4) is 0 Å². The van der Waals surface area contributed by atoms with Gasteiger partial charge in [0.05, 0.1) is 19.6 Å². The molecule has 2 rings (SSSR count). The van der Waals surface area contributed by atoms with Gasteiger partial charge in [0.25, 0.3) is 0 Å². The van der Waals surface area contributed by atoms with Crippen LogP contribution >= 0.6 is 12.2 Å². The second-order valence-electron chi connectivity index (χ2n) is 5.64. The van der Waals surface area contributed by atoms with Gasteiger partial charge in [-0.15, -0.1) is 6.58 Å². The summed E-state index contributed by atoms with van der Waals surface area (Å²) < 4.78 is 4.72. The Bertz CT molecular complexity index is 469. The van der Waals surface area contributed by atoms with Crippen molar-refractivity contribution in [2.75, 3.05) is 13.7 Å². The molecule has 0 aromatic rings. The Morgan fingerprint density at radius 3 is 2.95 bits per heavy atom. The second kappa shape index (κ2) is 7.58. The first kappa shape index (κ1) is 16.7. The summed E-state index contributed by atoms with van der Waals surface area (Å²) in [6.07, 6.45) is 5.82. The first-order valence-electron chi connectivity index (χ1n) is 7.62. The SMILES string of the molecule is C=CCNC(=S)N1[C@@H](CC(=O)OC)C(=O)N[C@@H]2CCCC[C@@H]21. The number of hydrogen-bond acceptors (Lipinski definition) is 4. The first-order valence-corrected chi connectivity index (χ1v) is 8.03. The average Bonchev–Trinajstić information content (AvgIpc) is 2.53. The van der Waals surface area contributed by atoms with Crippen LogP contribution < -0.4 is 10.6 Å². The van der Waals surface area contributed by atoms with Gasteiger partial charge in [0.1, 0.15) is 6.04 Å². The molecule has 3 atom stereocenters. The second-order valence-corrected chi connectivity index (χ2v) is 6.03. The third-order valence-corrected chi connectivity index (χ3v) is 4.63. The van der Waals surface area contributed by atoms with Crippen molar-refractivity contribution in [3.05, 3.63) is 12.7 Å². The number of amides is 1. The summed E-state index contributed by atoms with van der Waals surface area (Å²) in [4.78, 5) is 26.0. The van der Waals surface area contributed by atoms with Crippen LogP contribution in [-0.2, 0) is 14.3 Å². The van der Waals surface area contributed by atoms with Gasteiger partial charge in [0, 0.05) is 12.6 Å². The number of carbonyl (C=O) groups excluding carboxylic acids is 2. The molecule has 1 amide bonds. The molecule has 0 spiro atoms. The molecule has 22 heavy (non-hydrogen) atoms. The number of nitrogens with one attached hydrogen (secondary N) is 2. The van der Waals surface area contributed by atoms with Crippen molar-refractivity contribution >= 4 is 29.2 Å². The van der Waals surface area contributed by atoms with Crippen LogP contribution in [0.15, 0.2) is 12.7 Å². The number of thiocarbonyl (C=S) groups is 1. The highest BCUT2D eigenvalue weighted by Gasteiger charge is 2.44. The van der Waals surface area contributed by atoms with E-state index >= 15 is 0 Å². The predicted octanol–water partition coefficient (Wildman–Crippen LogP) is 0.722. The van der Waals surface area contributed by atoms with E-state index in [0.29, 0.717) is 11.7 Å². The lowest BCUT2D eigenvalue weighted by molar-refractivity contribution is -0.146. The molecule has 1 saturated heterocycles. The molecule has 2 N–H and O–H groups in total. The summed E-state index contributed by atoms with van der Waals surface area (Å²) in [5.41, 5.74) is 0. The number of fused-ring (bicyclic) bond motifs is 1. The molecule has 0 radical (unpaired) electrons. The van der Waals surface area contributed by atoms with Crippen molar-refractivity contribution in [2.45, 2.75) is 50.2 Å². The minimum Gasteiger partial charge on any atom is -0.469 e. The molecule has 0 aromatic carbocycles. The third kappa shape index (κ3) is 3.58. The van der Waals surface area contributed by atoms with E-state index in [1.165, 1.54) is 7.11 Å². The molecule has 0 aromatic heterocycles. The van der Waals surface area contributed by atoms with E-state index in [-0.39, 0.29) is 24.4 Å². The molecular formula is C15H23N3O3S. The van der Waals surface area contributed by atoms with Crippen molar-refractivity contribution < 1.29 is 14.3 Å². The monoisotopic (exact) mass is 325 g/mol. The van der Waals surface area contributed by atoms with Gasteiger partial charge in [-0.25, -0.2) is 0 Å². The number of piperazine rings is 1. The lowest BCUT2D eigenvalue weighted by Gasteiger charge is -2.49. The van der Waals surface area contributed by atoms with Gasteiger partial charge in [0.2, 0.25) is 5.91 Å². The Balaban J connectivity index is 2.22. The van der Waals surface area contributed by atoms with Crippen LogP contribution in [-0.4, -0.2) is 53.7 Å². The van der Waals surface area contributed by atoms with Crippen LogP contribution in [0.2, 0.25) is 0 Å². The van der Waals surface area contributed by atoms with Crippen molar-refractivity contribution in [2.24, 2.45) is 0 Å². The van der Waals surface area contributed by atoms with Crippen LogP contribution in [0.4, 0.5) is 0 Å². The fraction of sp³-hybridized carbons (Fsp3) is 0.667. The number of nitrogens with zero attached hydrogens (tertiary/aromatic N) is 1. The maximum Gasteiger partial charge on any atom is 0.308 e. The van der Waals surface area contributed by atoms with E-state index in [9.17, 15) is 9.59 Å². The quantitative estimate of drug-likeness (QED) is 0.451. The summed E-state index contributed by atoms with van der Waals surface area (Å²) in [6.45, 7) is 4.19. The van der Waals surface area contributed by atoms with Gasteiger partial charge in [-0.1, -0.05) is 18.9 Å². The van der Waals surface area contributed by atoms with E-state index in [1.807, 2.05) is 4.90 Å². The van der Waals surface area contributed by atoms with Crippen LogP contribution in [0.25, 0.3) is 0 Å². The minimum atomic E-state index is -0.614. The number of hydrogen-bond donors (Lipinski definition) is 2. The summed E-state index contributed by atoms with van der Waals surface area (Å²) in [5.74, 6) is -0.567. The molecule has 0 bridgehead atoms. The normalized spacial score (nSPS) is 27.4. The van der Waals surface area contributed by atoms with E-state index in [4.69, 9.17) is 17.0 Å². The number of carbonyl (C=O) groups is 2. The molecule has 6 nitrogen and oxygen atoms in total. The van der Waals surface area contributed by atoms with Gasteiger partial charge < -0.3 is 20.3 Å². The summed E-state index contributed by atoms with van der Waals surface area (Å²) in [6, 6.07) is -0.388. The van der Waals surface area contributed by atoms with Crippen LogP contribution in [0.3, 0.4) is 0 Å². The molecule has 122 valence electrons. The van der Waals surface area contributed by atoms with Gasteiger partial charge >= 0.3 is 5.97 Å². The number of ether oxygens (including phenoxy) is 1. The van der Waals surface area contributed by atoms with Crippen LogP contribution in [0, 0.1) is 0 Å². The predicted molar refractivity (Wildman–Crippen MR) is 87.2 cm³/mol. The summed E-state index contributed by atoms with van der Waals surface area (Å²) >= 11 is 5.46. The Kier molecular flexibility index (Phi) is 5.76. The standard InChI is InChI=1S/C15H23N3O3S/c1-3-8-16-15(22)18-11-7-5-4-6-10(11)17-14(20)12(18)9-13(19)21-2/h3,10-12H,1,4-9H2,2H3,(H,16,22)(H,17,20)/t10-,11+,12+/m1/s1. The fourth-order valence-electron chi connectivity index (χ4n) is 3.22. The zero-order valence-corrected chi connectivity index (χ0v) is 13.7. The molecule has 2 fully saturated rings. The smallest absolute Gasteiger partial charge is 0.308 e. The molecule has 1 saturated carbocycles. The number of esters is 1. The highest BCUT2D eigenvalue weighted by atomic mass is 32.1. The Labute approximate surface area is 136 Å². The van der Waals surface area contributed by atoms with Crippen molar-refractivity contribution in [3.63, 3.8) is 0 Å². The van der Waals surface area contributed by atoms with E-state index < -0.39 is 12.0 Å². The minimum absolute atomic E-state index is 0.00145. The van der Waals surface area contributed by atoms with Crippen molar-refractivity contribution in [1.29, 1.82) is 0 Å². The fourth-order valence-corrected chi connectivity index (χ4v) is 3.57. The third-order valence-electron chi connectivity index (χ3n) is 4.27. The van der Waals surface area contributed by atoms with E-state index in [1.54, 1.807) is 6.08 Å². The Hall–Kier alpha value is -1.63. The molecule has 0 unspecified atom stereocenters. The molecule has 1 heterocycles. The zero-order chi connectivity index (χ0) is 16.1. The molecule has 1 aliphatic heterocycles. The van der Waals surface area contributed by atoms with E-state index in [2.05, 4.69) is 17.2 Å². The maximum atomic E-state index is 12.4. The largest absolute Gasteiger partial charge is 0.469 e. The van der Waals surface area contributed by atoms with Gasteiger partial charge in [-0.3, -0.25) is 9.59 Å². The molecule has 7 heteroatoms. The highest BCUT2D eigenvalue weighted by molar-refractivity contribution is 7.80. The number of rotatable bonds is 4. The molecule has 2 aliphatic rings. The molecular weight excluding hydrogens is 302 g/mol. The maximum absolute atomic E-state index is 12.4. The highest BCUT2D eigenvalue weighted by Crippen LogP contribution is 2.29. The van der Waals surface area contributed by atoms with Gasteiger partial charge in [0.15, 0.2) is 5.11 Å². The summed E-state index contributed by atoms with van der Waals surface area (Å²) in [7, 11) is 1.32. The average molecular weight is 325 g/mol. The first-order chi connectivity index (χ1) is 10.6. The Morgan fingerprint density at radius 1 is 1.55 bits per heavy atom. The van der Waals surface area contributed by atoms with E-state index in [0.717, 1.165) is 25.7 Å². The van der Waals surface area contributed by atoms with Crippen LogP contribution in [0.5, 0.6) is 0 Å². The topological polar surface area (TPSA) is 70.7 Å². The Morgan fingerprint density at radius 2 is 2.27 bits per heavy atom. The summed E-state index contributed by atoms with van der Waals surface area (Å²) in [5, 5.41) is 6.63. The van der Waals surface area contributed by atoms with Gasteiger partial charge in [-0.2, -0.15) is 0 Å². The van der Waals surface area contributed by atoms with Crippen molar-refractivity contribution in [1.82, 2.24) is 15.5 Å². The number of methoxy groups -OCH3 is 1. The van der Waals surface area contributed by atoms with Gasteiger partial charge in [-0.05, 0) is 25.1 Å². The van der Waals surface area contributed by atoms with Crippen LogP contribution in [0.1, 0.15) is 32.1 Å². The lowest BCUT2D eigenvalue weighted by Crippen LogP contribution is -2.69.